The van der Waals surface area contributed by atoms with Crippen molar-refractivity contribution in [1.82, 2.24) is 5.32 Å². The molecule has 0 aromatic heterocycles. The highest BCUT2D eigenvalue weighted by Gasteiger charge is 2.33. The van der Waals surface area contributed by atoms with Gasteiger partial charge in [-0.2, -0.15) is 0 Å². The molecule has 0 saturated carbocycles. The minimum absolute atomic E-state index is 0.0321. The van der Waals surface area contributed by atoms with Crippen LogP contribution in [0.1, 0.15) is 32.3 Å². The van der Waals surface area contributed by atoms with Crippen LogP contribution >= 0.6 is 11.6 Å². The van der Waals surface area contributed by atoms with Crippen LogP contribution in [0.5, 0.6) is 0 Å². The van der Waals surface area contributed by atoms with Gasteiger partial charge >= 0.3 is 0 Å². The molecule has 1 N–H and O–H groups in total. The molecule has 1 fully saturated rings. The topological polar surface area (TPSA) is 63.2 Å². The van der Waals surface area contributed by atoms with Gasteiger partial charge in [-0.15, -0.1) is 0 Å². The van der Waals surface area contributed by atoms with Gasteiger partial charge in [0.05, 0.1) is 16.9 Å². The Morgan fingerprint density at radius 3 is 2.71 bits per heavy atom. The van der Waals surface area contributed by atoms with Crippen LogP contribution in [0.3, 0.4) is 0 Å². The molecule has 4 nitrogen and oxygen atoms in total. The molecule has 1 atom stereocenters. The lowest BCUT2D eigenvalue weighted by Crippen LogP contribution is -2.49. The zero-order valence-corrected chi connectivity index (χ0v) is 13.8. The SMILES string of the molecule is CC(C)(C(=O)N[C@H]1CCCS(=O)(=O)C1)c1cccc(Cl)c1. The third-order valence-electron chi connectivity index (χ3n) is 3.91. The summed E-state index contributed by atoms with van der Waals surface area (Å²) in [5, 5.41) is 3.45. The molecule has 0 spiro atoms. The molecule has 0 bridgehead atoms. The summed E-state index contributed by atoms with van der Waals surface area (Å²) in [7, 11) is -3.03. The van der Waals surface area contributed by atoms with Crippen molar-refractivity contribution < 1.29 is 13.2 Å². The molecule has 0 unspecified atom stereocenters. The maximum Gasteiger partial charge on any atom is 0.230 e. The zero-order chi connectivity index (χ0) is 15.7. The van der Waals surface area contributed by atoms with Gasteiger partial charge < -0.3 is 5.32 Å². The number of carbonyl (C=O) groups excluding carboxylic acids is 1. The third kappa shape index (κ3) is 3.98. The molecule has 1 aliphatic rings. The van der Waals surface area contributed by atoms with Gasteiger partial charge in [0, 0.05) is 11.1 Å². The highest BCUT2D eigenvalue weighted by molar-refractivity contribution is 7.91. The van der Waals surface area contributed by atoms with E-state index in [9.17, 15) is 13.2 Å². The summed E-state index contributed by atoms with van der Waals surface area (Å²) in [6.07, 6.45) is 1.31. The van der Waals surface area contributed by atoms with Crippen LogP contribution in [-0.4, -0.2) is 31.9 Å². The van der Waals surface area contributed by atoms with Crippen molar-refractivity contribution in [2.24, 2.45) is 0 Å². The van der Waals surface area contributed by atoms with E-state index in [2.05, 4.69) is 5.32 Å². The summed E-state index contributed by atoms with van der Waals surface area (Å²) >= 11 is 5.97. The van der Waals surface area contributed by atoms with Crippen LogP contribution in [0.15, 0.2) is 24.3 Å². The van der Waals surface area contributed by atoms with E-state index in [-0.39, 0.29) is 23.5 Å². The van der Waals surface area contributed by atoms with Gasteiger partial charge in [-0.3, -0.25) is 4.79 Å². The van der Waals surface area contributed by atoms with Crippen LogP contribution in [-0.2, 0) is 20.0 Å². The number of amides is 1. The fourth-order valence-electron chi connectivity index (χ4n) is 2.51. The largest absolute Gasteiger partial charge is 0.352 e. The summed E-state index contributed by atoms with van der Waals surface area (Å²) in [5.41, 5.74) is 0.0534. The Kier molecular flexibility index (Phi) is 4.63. The van der Waals surface area contributed by atoms with Crippen molar-refractivity contribution in [3.8, 4) is 0 Å². The molecule has 2 rings (SSSR count). The Bertz CT molecular complexity index is 640. The molecule has 1 amide bonds. The second-order valence-corrected chi connectivity index (χ2v) is 8.73. The van der Waals surface area contributed by atoms with Gasteiger partial charge in [-0.1, -0.05) is 23.7 Å². The zero-order valence-electron chi connectivity index (χ0n) is 12.2. The molecule has 1 aromatic carbocycles. The van der Waals surface area contributed by atoms with E-state index in [0.717, 1.165) is 5.56 Å². The number of benzene rings is 1. The maximum atomic E-state index is 12.5. The quantitative estimate of drug-likeness (QED) is 0.925. The number of rotatable bonds is 3. The van der Waals surface area contributed by atoms with Gasteiger partial charge in [-0.25, -0.2) is 8.42 Å². The minimum atomic E-state index is -3.03. The Hall–Kier alpha value is -1.07. The molecule has 1 aromatic rings. The Morgan fingerprint density at radius 2 is 2.10 bits per heavy atom. The number of hydrogen-bond acceptors (Lipinski definition) is 3. The monoisotopic (exact) mass is 329 g/mol. The Balaban J connectivity index is 2.12. The van der Waals surface area contributed by atoms with Crippen molar-refractivity contribution >= 4 is 27.3 Å². The second kappa shape index (κ2) is 5.97. The Morgan fingerprint density at radius 1 is 1.38 bits per heavy atom. The third-order valence-corrected chi connectivity index (χ3v) is 5.97. The van der Waals surface area contributed by atoms with Gasteiger partial charge in [-0.05, 0) is 44.4 Å². The summed E-state index contributed by atoms with van der Waals surface area (Å²) in [6, 6.07) is 6.88. The molecular weight excluding hydrogens is 310 g/mol. The number of carbonyl (C=O) groups is 1. The fraction of sp³-hybridized carbons (Fsp3) is 0.533. The van der Waals surface area contributed by atoms with E-state index in [4.69, 9.17) is 11.6 Å². The molecule has 1 saturated heterocycles. The average molecular weight is 330 g/mol. The lowest BCUT2D eigenvalue weighted by atomic mass is 9.83. The van der Waals surface area contributed by atoms with E-state index < -0.39 is 15.3 Å². The first kappa shape index (κ1) is 16.3. The summed E-state index contributed by atoms with van der Waals surface area (Å²) in [4.78, 5) is 12.5. The first-order valence-corrected chi connectivity index (χ1v) is 9.18. The van der Waals surface area contributed by atoms with Crippen molar-refractivity contribution in [1.29, 1.82) is 0 Å². The maximum absolute atomic E-state index is 12.5. The molecule has 0 aliphatic carbocycles. The van der Waals surface area contributed by atoms with Crippen LogP contribution in [0, 0.1) is 0 Å². The number of hydrogen-bond donors (Lipinski definition) is 1. The van der Waals surface area contributed by atoms with Crippen molar-refractivity contribution in [2.75, 3.05) is 11.5 Å². The average Bonchev–Trinajstić information content (AvgIpc) is 2.37. The van der Waals surface area contributed by atoms with Crippen LogP contribution in [0.2, 0.25) is 5.02 Å². The van der Waals surface area contributed by atoms with E-state index in [1.807, 2.05) is 19.9 Å². The predicted molar refractivity (Wildman–Crippen MR) is 84.3 cm³/mol. The van der Waals surface area contributed by atoms with Crippen LogP contribution < -0.4 is 5.32 Å². The van der Waals surface area contributed by atoms with Gasteiger partial charge in [0.15, 0.2) is 9.84 Å². The molecule has 1 heterocycles. The predicted octanol–water partition coefficient (Wildman–Crippen LogP) is 2.31. The molecule has 1 aliphatic heterocycles. The summed E-state index contributed by atoms with van der Waals surface area (Å²) < 4.78 is 23.3. The molecule has 6 heteroatoms. The normalized spacial score (nSPS) is 21.8. The fourth-order valence-corrected chi connectivity index (χ4v) is 4.34. The van der Waals surface area contributed by atoms with Crippen molar-refractivity contribution in [3.63, 3.8) is 0 Å². The van der Waals surface area contributed by atoms with Gasteiger partial charge in [0.25, 0.3) is 0 Å². The van der Waals surface area contributed by atoms with E-state index in [1.165, 1.54) is 0 Å². The van der Waals surface area contributed by atoms with Crippen molar-refractivity contribution in [2.45, 2.75) is 38.1 Å². The summed E-state index contributed by atoms with van der Waals surface area (Å²) in [5.74, 6) is 0.0772. The van der Waals surface area contributed by atoms with Crippen LogP contribution in [0.4, 0.5) is 0 Å². The van der Waals surface area contributed by atoms with Crippen molar-refractivity contribution in [3.05, 3.63) is 34.9 Å². The number of sulfone groups is 1. The number of nitrogens with one attached hydrogen (secondary N) is 1. The molecule has 116 valence electrons. The minimum Gasteiger partial charge on any atom is -0.352 e. The molecular formula is C15H20ClNO3S. The highest BCUT2D eigenvalue weighted by atomic mass is 35.5. The lowest BCUT2D eigenvalue weighted by molar-refractivity contribution is -0.126. The smallest absolute Gasteiger partial charge is 0.230 e. The first-order chi connectivity index (χ1) is 9.71. The van der Waals surface area contributed by atoms with Gasteiger partial charge in [0.1, 0.15) is 0 Å². The van der Waals surface area contributed by atoms with E-state index >= 15 is 0 Å². The molecule has 0 radical (unpaired) electrons. The van der Waals surface area contributed by atoms with E-state index in [1.54, 1.807) is 18.2 Å². The summed E-state index contributed by atoms with van der Waals surface area (Å²) in [6.45, 7) is 3.62. The van der Waals surface area contributed by atoms with Crippen LogP contribution in [0.25, 0.3) is 0 Å². The molecule has 21 heavy (non-hydrogen) atoms. The lowest BCUT2D eigenvalue weighted by Gasteiger charge is -2.29. The highest BCUT2D eigenvalue weighted by Crippen LogP contribution is 2.26. The number of halogens is 1. The van der Waals surface area contributed by atoms with E-state index in [0.29, 0.717) is 17.9 Å². The standard InChI is InChI=1S/C15H20ClNO3S/c1-15(2,11-5-3-6-12(16)9-11)14(18)17-13-7-4-8-21(19,20)10-13/h3,5-6,9,13H,4,7-8,10H2,1-2H3,(H,17,18)/t13-/m0/s1. The second-order valence-electron chi connectivity index (χ2n) is 6.06. The van der Waals surface area contributed by atoms with Gasteiger partial charge in [0.2, 0.25) is 5.91 Å². The first-order valence-electron chi connectivity index (χ1n) is 6.98. The Labute approximate surface area is 130 Å².